The standard InChI is InChI=1S/C12H22O5/c1-7-11(3,4)16-9(13)15-10(14)17-12(5,6)8-2/h7-8H2,1-6H3. The highest BCUT2D eigenvalue weighted by atomic mass is 16.8. The van der Waals surface area contributed by atoms with Crippen molar-refractivity contribution in [2.45, 2.75) is 65.6 Å². The van der Waals surface area contributed by atoms with Gasteiger partial charge in [0.25, 0.3) is 0 Å². The minimum atomic E-state index is -1.03. The molecule has 0 spiro atoms. The molecule has 0 heterocycles. The molecular formula is C12H22O5. The van der Waals surface area contributed by atoms with Crippen molar-refractivity contribution in [1.29, 1.82) is 0 Å². The molecule has 0 aromatic carbocycles. The van der Waals surface area contributed by atoms with E-state index in [9.17, 15) is 9.59 Å². The summed E-state index contributed by atoms with van der Waals surface area (Å²) in [5.74, 6) is 0. The first-order valence-corrected chi connectivity index (χ1v) is 5.75. The number of hydrogen-bond donors (Lipinski definition) is 0. The fourth-order valence-corrected chi connectivity index (χ4v) is 0.705. The van der Waals surface area contributed by atoms with Crippen molar-refractivity contribution in [3.63, 3.8) is 0 Å². The van der Waals surface area contributed by atoms with Crippen LogP contribution < -0.4 is 0 Å². The van der Waals surface area contributed by atoms with Crippen molar-refractivity contribution in [2.24, 2.45) is 0 Å². The summed E-state index contributed by atoms with van der Waals surface area (Å²) < 4.78 is 14.3. The van der Waals surface area contributed by atoms with Gasteiger partial charge < -0.3 is 14.2 Å². The predicted octanol–water partition coefficient (Wildman–Crippen LogP) is 3.65. The zero-order chi connectivity index (χ0) is 13.7. The molecule has 17 heavy (non-hydrogen) atoms. The summed E-state index contributed by atoms with van der Waals surface area (Å²) in [5.41, 5.74) is -1.31. The summed E-state index contributed by atoms with van der Waals surface area (Å²) in [6.45, 7) is 10.7. The second-order valence-electron chi connectivity index (χ2n) is 5.03. The number of hydrogen-bond acceptors (Lipinski definition) is 5. The quantitative estimate of drug-likeness (QED) is 0.559. The molecule has 0 unspecified atom stereocenters. The molecule has 0 fully saturated rings. The van der Waals surface area contributed by atoms with Gasteiger partial charge in [-0.25, -0.2) is 9.59 Å². The van der Waals surface area contributed by atoms with Crippen LogP contribution in [0, 0.1) is 0 Å². The first kappa shape index (κ1) is 15.7. The third-order valence-electron chi connectivity index (χ3n) is 2.59. The van der Waals surface area contributed by atoms with Crippen LogP contribution in [0.4, 0.5) is 9.59 Å². The smallest absolute Gasteiger partial charge is 0.428 e. The van der Waals surface area contributed by atoms with Crippen molar-refractivity contribution >= 4 is 12.3 Å². The van der Waals surface area contributed by atoms with E-state index in [1.54, 1.807) is 27.7 Å². The molecule has 0 amide bonds. The maximum Gasteiger partial charge on any atom is 0.519 e. The minimum absolute atomic E-state index is 0.623. The molecule has 0 aliphatic rings. The predicted molar refractivity (Wildman–Crippen MR) is 62.8 cm³/mol. The van der Waals surface area contributed by atoms with E-state index in [0.717, 1.165) is 0 Å². The average molecular weight is 246 g/mol. The van der Waals surface area contributed by atoms with Gasteiger partial charge in [-0.1, -0.05) is 13.8 Å². The second-order valence-corrected chi connectivity index (χ2v) is 5.03. The van der Waals surface area contributed by atoms with Crippen LogP contribution in [-0.4, -0.2) is 23.5 Å². The fourth-order valence-electron chi connectivity index (χ4n) is 0.705. The summed E-state index contributed by atoms with van der Waals surface area (Å²) in [7, 11) is 0. The molecule has 5 nitrogen and oxygen atoms in total. The molecule has 0 aliphatic carbocycles. The lowest BCUT2D eigenvalue weighted by molar-refractivity contribution is -0.0401. The van der Waals surface area contributed by atoms with Gasteiger partial charge in [-0.15, -0.1) is 0 Å². The van der Waals surface area contributed by atoms with Gasteiger partial charge >= 0.3 is 12.3 Å². The Morgan fingerprint density at radius 1 is 0.824 bits per heavy atom. The van der Waals surface area contributed by atoms with Crippen LogP contribution in [0.3, 0.4) is 0 Å². The minimum Gasteiger partial charge on any atom is -0.428 e. The van der Waals surface area contributed by atoms with Gasteiger partial charge in [-0.05, 0) is 40.5 Å². The van der Waals surface area contributed by atoms with E-state index in [1.807, 2.05) is 13.8 Å². The van der Waals surface area contributed by atoms with Gasteiger partial charge in [0.1, 0.15) is 11.2 Å². The van der Waals surface area contributed by atoms with Crippen LogP contribution in [0.1, 0.15) is 54.4 Å². The maximum atomic E-state index is 11.3. The second kappa shape index (κ2) is 5.89. The van der Waals surface area contributed by atoms with Crippen molar-refractivity contribution in [1.82, 2.24) is 0 Å². The van der Waals surface area contributed by atoms with E-state index < -0.39 is 23.5 Å². The molecule has 0 aromatic rings. The summed E-state index contributed by atoms with van der Waals surface area (Å²) in [6.07, 6.45) is -0.822. The van der Waals surface area contributed by atoms with E-state index in [1.165, 1.54) is 0 Å². The molecule has 0 atom stereocenters. The normalized spacial score (nSPS) is 11.9. The van der Waals surface area contributed by atoms with Gasteiger partial charge in [0.05, 0.1) is 0 Å². The van der Waals surface area contributed by atoms with Crippen molar-refractivity contribution in [3.8, 4) is 0 Å². The summed E-state index contributed by atoms with van der Waals surface area (Å²) in [5, 5.41) is 0. The first-order chi connectivity index (χ1) is 7.62. The molecule has 5 heteroatoms. The fraction of sp³-hybridized carbons (Fsp3) is 0.833. The van der Waals surface area contributed by atoms with Crippen LogP contribution in [0.5, 0.6) is 0 Å². The highest BCUT2D eigenvalue weighted by Gasteiger charge is 2.27. The number of carbonyl (C=O) groups is 2. The zero-order valence-corrected chi connectivity index (χ0v) is 11.5. The Balaban J connectivity index is 4.19. The number of carbonyl (C=O) groups excluding carboxylic acids is 2. The Bertz CT molecular complexity index is 253. The monoisotopic (exact) mass is 246 g/mol. The molecule has 0 radical (unpaired) electrons. The Morgan fingerprint density at radius 3 is 1.35 bits per heavy atom. The van der Waals surface area contributed by atoms with Crippen LogP contribution in [-0.2, 0) is 14.2 Å². The molecule has 0 saturated heterocycles. The molecule has 100 valence electrons. The maximum absolute atomic E-state index is 11.3. The summed E-state index contributed by atoms with van der Waals surface area (Å²) in [4.78, 5) is 22.5. The van der Waals surface area contributed by atoms with Crippen molar-refractivity contribution < 1.29 is 23.8 Å². The molecule has 0 aromatic heterocycles. The van der Waals surface area contributed by atoms with Gasteiger partial charge in [-0.3, -0.25) is 0 Å². The Morgan fingerprint density at radius 2 is 1.12 bits per heavy atom. The highest BCUT2D eigenvalue weighted by molar-refractivity contribution is 5.77. The van der Waals surface area contributed by atoms with Crippen LogP contribution in [0.25, 0.3) is 0 Å². The van der Waals surface area contributed by atoms with Crippen LogP contribution in [0.15, 0.2) is 0 Å². The molecular weight excluding hydrogens is 224 g/mol. The van der Waals surface area contributed by atoms with Crippen LogP contribution >= 0.6 is 0 Å². The third-order valence-corrected chi connectivity index (χ3v) is 2.59. The Labute approximate surface area is 102 Å². The summed E-state index contributed by atoms with van der Waals surface area (Å²) in [6, 6.07) is 0. The SMILES string of the molecule is CCC(C)(C)OC(=O)OC(=O)OC(C)(C)CC. The number of rotatable bonds is 4. The largest absolute Gasteiger partial charge is 0.519 e. The lowest BCUT2D eigenvalue weighted by Crippen LogP contribution is -2.32. The lowest BCUT2D eigenvalue weighted by atomic mass is 10.1. The van der Waals surface area contributed by atoms with Gasteiger partial charge in [0.2, 0.25) is 0 Å². The summed E-state index contributed by atoms with van der Waals surface area (Å²) >= 11 is 0. The van der Waals surface area contributed by atoms with E-state index in [4.69, 9.17) is 9.47 Å². The van der Waals surface area contributed by atoms with Gasteiger partial charge in [-0.2, -0.15) is 0 Å². The van der Waals surface area contributed by atoms with Crippen molar-refractivity contribution in [2.75, 3.05) is 0 Å². The van der Waals surface area contributed by atoms with E-state index >= 15 is 0 Å². The highest BCUT2D eigenvalue weighted by Crippen LogP contribution is 2.17. The van der Waals surface area contributed by atoms with E-state index in [2.05, 4.69) is 4.74 Å². The molecule has 0 N–H and O–H groups in total. The molecule has 0 rings (SSSR count). The number of ether oxygens (including phenoxy) is 3. The topological polar surface area (TPSA) is 61.8 Å². The lowest BCUT2D eigenvalue weighted by Gasteiger charge is -2.24. The molecule has 0 bridgehead atoms. The Kier molecular flexibility index (Phi) is 5.45. The first-order valence-electron chi connectivity index (χ1n) is 5.75. The van der Waals surface area contributed by atoms with Crippen molar-refractivity contribution in [3.05, 3.63) is 0 Å². The van der Waals surface area contributed by atoms with Crippen LogP contribution in [0.2, 0.25) is 0 Å². The third kappa shape index (κ3) is 6.81. The Hall–Kier alpha value is -1.26. The zero-order valence-electron chi connectivity index (χ0n) is 11.5. The van der Waals surface area contributed by atoms with E-state index in [0.29, 0.717) is 12.8 Å². The average Bonchev–Trinajstić information content (AvgIpc) is 2.15. The van der Waals surface area contributed by atoms with Gasteiger partial charge in [0, 0.05) is 0 Å². The molecule has 0 saturated carbocycles. The van der Waals surface area contributed by atoms with Gasteiger partial charge in [0.15, 0.2) is 0 Å². The molecule has 0 aliphatic heterocycles. The van der Waals surface area contributed by atoms with E-state index in [-0.39, 0.29) is 0 Å².